The van der Waals surface area contributed by atoms with Gasteiger partial charge >= 0.3 is 29.6 Å². The number of aryl methyl sites for hydroxylation is 1. The van der Waals surface area contributed by atoms with Crippen molar-refractivity contribution in [3.63, 3.8) is 0 Å². The summed E-state index contributed by atoms with van der Waals surface area (Å²) in [5, 5.41) is 0. The van der Waals surface area contributed by atoms with Crippen molar-refractivity contribution in [3.05, 3.63) is 35.9 Å². The van der Waals surface area contributed by atoms with Crippen LogP contribution in [0.1, 0.15) is 6.99 Å². The molecule has 0 aromatic heterocycles. The zero-order valence-electron chi connectivity index (χ0n) is 6.96. The zero-order chi connectivity index (χ0) is 5.11. The molecule has 0 aliphatic carbocycles. The van der Waals surface area contributed by atoms with Crippen molar-refractivity contribution >= 4 is 8.41 Å². The molecule has 0 unspecified atom stereocenters. The first-order chi connectivity index (χ1) is 3.39. The molecule has 1 aromatic carbocycles. The van der Waals surface area contributed by atoms with E-state index < -0.39 is 0 Å². The Labute approximate surface area is 82.0 Å². The van der Waals surface area contributed by atoms with E-state index in [0.717, 1.165) is 0 Å². The largest absolute Gasteiger partial charge is 1.00 e. The van der Waals surface area contributed by atoms with Crippen LogP contribution in [-0.2, 0) is 0 Å². The Hall–Kier alpha value is 0.285. The Morgan fingerprint density at radius 2 is 1.56 bits per heavy atom. The molecule has 1 rings (SSSR count). The number of hydrogen-bond donors (Lipinski definition) is 0. The second-order valence-corrected chi connectivity index (χ2v) is 1.65. The van der Waals surface area contributed by atoms with Gasteiger partial charge in [-0.25, -0.2) is 0 Å². The molecule has 0 atom stereocenters. The Balaban J connectivity index is -0.000000163. The molecule has 0 fully saturated rings. The van der Waals surface area contributed by atoms with Crippen molar-refractivity contribution in [2.24, 2.45) is 0 Å². The Morgan fingerprint density at radius 3 is 1.78 bits per heavy atom. The summed E-state index contributed by atoms with van der Waals surface area (Å²) >= 11 is 0. The first-order valence-corrected chi connectivity index (χ1v) is 2.41. The van der Waals surface area contributed by atoms with E-state index in [1.54, 1.807) is 0 Å². The maximum absolute atomic E-state index is 2.08. The molecular formula is C7H9BNa. The molecule has 9 heavy (non-hydrogen) atoms. The third kappa shape index (κ3) is 4.77. The van der Waals surface area contributed by atoms with Gasteiger partial charge < -0.3 is 1.43 Å². The van der Waals surface area contributed by atoms with Crippen LogP contribution in [0.5, 0.6) is 0 Å². The van der Waals surface area contributed by atoms with Gasteiger partial charge in [-0.15, -0.1) is 0 Å². The summed E-state index contributed by atoms with van der Waals surface area (Å²) < 4.78 is 0. The minimum Gasteiger partial charge on any atom is -1.00 e. The predicted octanol–water partition coefficient (Wildman–Crippen LogP) is -1.27. The second-order valence-electron chi connectivity index (χ2n) is 1.65. The summed E-state index contributed by atoms with van der Waals surface area (Å²) in [4.78, 5) is 0. The summed E-state index contributed by atoms with van der Waals surface area (Å²) in [5.74, 6) is 0. The minimum absolute atomic E-state index is 0. The summed E-state index contributed by atoms with van der Waals surface area (Å²) in [6.07, 6.45) is 0. The molecule has 41 valence electrons. The van der Waals surface area contributed by atoms with Gasteiger partial charge in [-0.2, -0.15) is 0 Å². The van der Waals surface area contributed by atoms with Crippen LogP contribution < -0.4 is 29.6 Å². The molecule has 0 aliphatic rings. The number of benzene rings is 1. The van der Waals surface area contributed by atoms with Gasteiger partial charge in [-0.3, -0.25) is 0 Å². The third-order valence-corrected chi connectivity index (χ3v) is 0.940. The van der Waals surface area contributed by atoms with Crippen molar-refractivity contribution in [3.8, 4) is 0 Å². The van der Waals surface area contributed by atoms with Crippen molar-refractivity contribution < 1.29 is 31.0 Å². The Bertz CT molecular complexity index is 144. The molecule has 2 heteroatoms. The van der Waals surface area contributed by atoms with E-state index >= 15 is 0 Å². The van der Waals surface area contributed by atoms with Gasteiger partial charge in [0.05, 0.1) is 0 Å². The fourth-order valence-electron chi connectivity index (χ4n) is 0.534. The Kier molecular flexibility index (Phi) is 8.55. The summed E-state index contributed by atoms with van der Waals surface area (Å²) in [6, 6.07) is 10.3. The van der Waals surface area contributed by atoms with Crippen LogP contribution in [0.15, 0.2) is 30.3 Å². The first-order valence-electron chi connectivity index (χ1n) is 2.41. The maximum Gasteiger partial charge on any atom is 1.00 e. The molecule has 0 aliphatic heterocycles. The average Bonchev–Trinajstić information content (AvgIpc) is 1.69. The maximum atomic E-state index is 2.08. The number of hydrogen-bond acceptors (Lipinski definition) is 0. The summed E-state index contributed by atoms with van der Waals surface area (Å²) in [6.45, 7) is 2.08. The topological polar surface area (TPSA) is 0 Å². The minimum atomic E-state index is 0. The van der Waals surface area contributed by atoms with E-state index in [4.69, 9.17) is 0 Å². The molecule has 0 N–H and O–H groups in total. The first kappa shape index (κ1) is 12.0. The summed E-state index contributed by atoms with van der Waals surface area (Å²) in [7, 11) is 0. The summed E-state index contributed by atoms with van der Waals surface area (Å²) in [5.41, 5.74) is 1.32. The molecule has 0 bridgehead atoms. The van der Waals surface area contributed by atoms with Gasteiger partial charge in [-0.05, 0) is 6.92 Å². The monoisotopic (exact) mass is 127 g/mol. The van der Waals surface area contributed by atoms with E-state index in [1.807, 2.05) is 18.2 Å². The van der Waals surface area contributed by atoms with Gasteiger partial charge in [0.15, 0.2) is 0 Å². The second kappa shape index (κ2) is 6.41. The van der Waals surface area contributed by atoms with Crippen LogP contribution >= 0.6 is 0 Å². The molecule has 0 saturated heterocycles. The van der Waals surface area contributed by atoms with Crippen molar-refractivity contribution in [1.82, 2.24) is 0 Å². The van der Waals surface area contributed by atoms with Crippen LogP contribution in [0.2, 0.25) is 0 Å². The molecule has 3 radical (unpaired) electrons. The molecule has 0 heterocycles. The fraction of sp³-hybridized carbons (Fsp3) is 0.143. The van der Waals surface area contributed by atoms with Crippen LogP contribution in [0, 0.1) is 6.92 Å². The average molecular weight is 127 g/mol. The van der Waals surface area contributed by atoms with E-state index in [0.29, 0.717) is 0 Å². The van der Waals surface area contributed by atoms with E-state index in [-0.39, 0.29) is 39.4 Å². The van der Waals surface area contributed by atoms with Gasteiger partial charge in [0.25, 0.3) is 0 Å². The fourth-order valence-corrected chi connectivity index (χ4v) is 0.534. The molecule has 0 amide bonds. The van der Waals surface area contributed by atoms with Gasteiger partial charge in [-0.1, -0.05) is 35.9 Å². The molecule has 0 saturated carbocycles. The van der Waals surface area contributed by atoms with E-state index in [2.05, 4.69) is 19.1 Å². The molecular weight excluding hydrogens is 118 g/mol. The third-order valence-electron chi connectivity index (χ3n) is 0.940. The van der Waals surface area contributed by atoms with Crippen molar-refractivity contribution in [1.29, 1.82) is 0 Å². The van der Waals surface area contributed by atoms with Crippen molar-refractivity contribution in [2.75, 3.05) is 0 Å². The smallest absolute Gasteiger partial charge is 1.00 e. The molecule has 0 spiro atoms. The molecule has 1 aromatic rings. The quantitative estimate of drug-likeness (QED) is 0.381. The van der Waals surface area contributed by atoms with E-state index in [9.17, 15) is 0 Å². The Morgan fingerprint density at radius 1 is 1.11 bits per heavy atom. The van der Waals surface area contributed by atoms with Crippen LogP contribution in [0.4, 0.5) is 0 Å². The molecule has 0 nitrogen and oxygen atoms in total. The zero-order valence-corrected chi connectivity index (χ0v) is 7.96. The van der Waals surface area contributed by atoms with Gasteiger partial charge in [0, 0.05) is 8.41 Å². The van der Waals surface area contributed by atoms with E-state index in [1.165, 1.54) is 5.56 Å². The van der Waals surface area contributed by atoms with Gasteiger partial charge in [0.1, 0.15) is 0 Å². The SMILES string of the molecule is Cc1ccccc1.[B].[H-].[Na+]. The normalized spacial score (nSPS) is 6.78. The van der Waals surface area contributed by atoms with Crippen LogP contribution in [-0.4, -0.2) is 8.41 Å². The van der Waals surface area contributed by atoms with Gasteiger partial charge in [0.2, 0.25) is 0 Å². The van der Waals surface area contributed by atoms with Crippen LogP contribution in [0.3, 0.4) is 0 Å². The number of rotatable bonds is 0. The predicted molar refractivity (Wildman–Crippen MR) is 38.0 cm³/mol. The standard InChI is InChI=1S/C7H8.B.Na.H/c1-7-5-3-2-4-6-7;;;/h2-6H,1H3;;;/q;;+1;-1. The van der Waals surface area contributed by atoms with Crippen molar-refractivity contribution in [2.45, 2.75) is 6.92 Å². The van der Waals surface area contributed by atoms with Crippen LogP contribution in [0.25, 0.3) is 0 Å².